The molecule has 0 radical (unpaired) electrons. The maximum Gasteiger partial charge on any atom is 0.327 e. The first-order valence-corrected chi connectivity index (χ1v) is 13.3. The monoisotopic (exact) mass is 489 g/mol. The number of imide groups is 1. The second kappa shape index (κ2) is 9.11. The lowest BCUT2D eigenvalue weighted by Crippen LogP contribution is -2.57. The van der Waals surface area contributed by atoms with Gasteiger partial charge < -0.3 is 19.3 Å². The largest absolute Gasteiger partial charge is 0.454 e. The Labute approximate surface area is 212 Å². The fourth-order valence-electron chi connectivity index (χ4n) is 6.78. The molecule has 190 valence electrons. The molecule has 7 nitrogen and oxygen atoms in total. The van der Waals surface area contributed by atoms with Gasteiger partial charge in [0, 0.05) is 32.2 Å². The van der Waals surface area contributed by atoms with Crippen LogP contribution in [0.1, 0.15) is 43.4 Å². The highest BCUT2D eigenvalue weighted by molar-refractivity contribution is 6.07. The molecule has 2 aromatic carbocycles. The maximum atomic E-state index is 13.9. The number of carbonyl (C=O) groups is 2. The van der Waals surface area contributed by atoms with Crippen LogP contribution in [-0.4, -0.2) is 71.2 Å². The van der Waals surface area contributed by atoms with E-state index in [0.29, 0.717) is 32.1 Å². The summed E-state index contributed by atoms with van der Waals surface area (Å²) < 4.78 is 11.0. The van der Waals surface area contributed by atoms with Gasteiger partial charge in [-0.2, -0.15) is 0 Å². The molecule has 0 N–H and O–H groups in total. The molecule has 1 atom stereocenters. The number of piperidine rings is 1. The van der Waals surface area contributed by atoms with E-state index in [1.54, 1.807) is 4.90 Å². The summed E-state index contributed by atoms with van der Waals surface area (Å²) in [6.45, 7) is 7.78. The molecule has 7 heteroatoms. The number of likely N-dealkylation sites (N-methyl/N-ethyl adjacent to an activating group) is 1. The van der Waals surface area contributed by atoms with Crippen molar-refractivity contribution in [3.63, 3.8) is 0 Å². The van der Waals surface area contributed by atoms with E-state index < -0.39 is 5.54 Å². The molecule has 1 spiro atoms. The minimum atomic E-state index is -0.683. The van der Waals surface area contributed by atoms with Crippen LogP contribution >= 0.6 is 0 Å². The highest BCUT2D eigenvalue weighted by Gasteiger charge is 2.59. The molecule has 2 saturated heterocycles. The van der Waals surface area contributed by atoms with Gasteiger partial charge in [0.2, 0.25) is 6.79 Å². The fraction of sp³-hybridized carbons (Fsp3) is 0.517. The first-order chi connectivity index (χ1) is 17.5. The number of likely N-dealkylation sites (tertiary alicyclic amines) is 1. The summed E-state index contributed by atoms with van der Waals surface area (Å²) >= 11 is 0. The predicted octanol–water partition coefficient (Wildman–Crippen LogP) is 3.88. The smallest absolute Gasteiger partial charge is 0.327 e. The molecule has 0 aromatic heterocycles. The van der Waals surface area contributed by atoms with Gasteiger partial charge in [-0.1, -0.05) is 37.3 Å². The Balaban J connectivity index is 1.10. The van der Waals surface area contributed by atoms with Gasteiger partial charge in [-0.15, -0.1) is 0 Å². The zero-order valence-corrected chi connectivity index (χ0v) is 21.2. The molecular formula is C29H35N3O4. The molecule has 3 aliphatic heterocycles. The summed E-state index contributed by atoms with van der Waals surface area (Å²) in [4.78, 5) is 33.3. The van der Waals surface area contributed by atoms with E-state index in [9.17, 15) is 9.59 Å². The predicted molar refractivity (Wildman–Crippen MR) is 136 cm³/mol. The van der Waals surface area contributed by atoms with E-state index >= 15 is 0 Å². The minimum Gasteiger partial charge on any atom is -0.454 e. The standard InChI is InChI=1S/C29H35N3O4/c1-3-31-28(34)32(24-16-22-6-4-5-7-23(22)17-24)27(33)29(31)10-12-30(13-11-29)18-20(2)14-21-8-9-25-26(15-21)36-19-35-25/h4-9,15,20,24H,3,10-14,16-19H2,1-2H3/t20-/m1/s1. The van der Waals surface area contributed by atoms with Gasteiger partial charge in [0.05, 0.1) is 0 Å². The van der Waals surface area contributed by atoms with E-state index in [0.717, 1.165) is 50.4 Å². The zero-order valence-electron chi connectivity index (χ0n) is 21.2. The molecule has 2 fully saturated rings. The number of amides is 3. The Morgan fingerprint density at radius 2 is 1.69 bits per heavy atom. The number of fused-ring (bicyclic) bond motifs is 2. The number of benzene rings is 2. The summed E-state index contributed by atoms with van der Waals surface area (Å²) in [7, 11) is 0. The van der Waals surface area contributed by atoms with Crippen molar-refractivity contribution in [1.82, 2.24) is 14.7 Å². The average molecular weight is 490 g/mol. The van der Waals surface area contributed by atoms with E-state index in [-0.39, 0.29) is 18.0 Å². The lowest BCUT2D eigenvalue weighted by atomic mass is 9.85. The van der Waals surface area contributed by atoms with Crippen LogP contribution in [0.15, 0.2) is 42.5 Å². The van der Waals surface area contributed by atoms with E-state index in [1.165, 1.54) is 16.7 Å². The van der Waals surface area contributed by atoms with Crippen LogP contribution in [0.5, 0.6) is 11.5 Å². The number of urea groups is 1. The normalized spacial score (nSPS) is 22.1. The molecular weight excluding hydrogens is 454 g/mol. The van der Waals surface area contributed by atoms with Crippen molar-refractivity contribution >= 4 is 11.9 Å². The van der Waals surface area contributed by atoms with Gasteiger partial charge in [-0.05, 0) is 73.8 Å². The highest BCUT2D eigenvalue weighted by Crippen LogP contribution is 2.40. The molecule has 3 heterocycles. The summed E-state index contributed by atoms with van der Waals surface area (Å²) in [6, 6.07) is 14.4. The number of hydrogen-bond donors (Lipinski definition) is 0. The van der Waals surface area contributed by atoms with Crippen LogP contribution in [0.4, 0.5) is 4.79 Å². The van der Waals surface area contributed by atoms with Crippen molar-refractivity contribution in [2.24, 2.45) is 5.92 Å². The topological polar surface area (TPSA) is 62.3 Å². The molecule has 1 aliphatic carbocycles. The van der Waals surface area contributed by atoms with Crippen LogP contribution in [0.3, 0.4) is 0 Å². The van der Waals surface area contributed by atoms with Crippen LogP contribution < -0.4 is 9.47 Å². The molecule has 0 bridgehead atoms. The molecule has 0 unspecified atom stereocenters. The fourth-order valence-corrected chi connectivity index (χ4v) is 6.78. The Hall–Kier alpha value is -3.06. The van der Waals surface area contributed by atoms with Gasteiger partial charge in [0.25, 0.3) is 5.91 Å². The Morgan fingerprint density at radius 1 is 1.00 bits per heavy atom. The highest BCUT2D eigenvalue weighted by atomic mass is 16.7. The number of carbonyl (C=O) groups excluding carboxylic acids is 2. The Bertz CT molecular complexity index is 1150. The van der Waals surface area contributed by atoms with Gasteiger partial charge in [-0.3, -0.25) is 9.69 Å². The minimum absolute atomic E-state index is 0.0280. The SMILES string of the molecule is CCN1C(=O)N(C2Cc3ccccc3C2)C(=O)C12CCN(C[C@H](C)Cc1ccc3c(c1)OCO3)CC2. The number of ether oxygens (including phenoxy) is 2. The number of nitrogens with zero attached hydrogens (tertiary/aromatic N) is 3. The lowest BCUT2D eigenvalue weighted by molar-refractivity contribution is -0.137. The third-order valence-electron chi connectivity index (χ3n) is 8.56. The van der Waals surface area contributed by atoms with Crippen LogP contribution in [0.25, 0.3) is 0 Å². The van der Waals surface area contributed by atoms with Crippen LogP contribution in [0.2, 0.25) is 0 Å². The van der Waals surface area contributed by atoms with Gasteiger partial charge >= 0.3 is 6.03 Å². The van der Waals surface area contributed by atoms with Crippen molar-refractivity contribution < 1.29 is 19.1 Å². The molecule has 6 rings (SSSR count). The average Bonchev–Trinajstić information content (AvgIpc) is 3.56. The summed E-state index contributed by atoms with van der Waals surface area (Å²) in [6.07, 6.45) is 3.92. The van der Waals surface area contributed by atoms with Crippen molar-refractivity contribution in [1.29, 1.82) is 0 Å². The van der Waals surface area contributed by atoms with Crippen LogP contribution in [0, 0.1) is 5.92 Å². The molecule has 4 aliphatic rings. The molecule has 2 aromatic rings. The summed E-state index contributed by atoms with van der Waals surface area (Å²) in [5.74, 6) is 2.15. The van der Waals surface area contributed by atoms with Gasteiger partial charge in [0.1, 0.15) is 5.54 Å². The Morgan fingerprint density at radius 3 is 2.39 bits per heavy atom. The van der Waals surface area contributed by atoms with Crippen molar-refractivity contribution in [3.05, 3.63) is 59.2 Å². The first kappa shape index (κ1) is 23.3. The van der Waals surface area contributed by atoms with Gasteiger partial charge in [-0.25, -0.2) is 4.79 Å². The molecule has 3 amide bonds. The second-order valence-corrected chi connectivity index (χ2v) is 10.9. The quantitative estimate of drug-likeness (QED) is 0.577. The van der Waals surface area contributed by atoms with Crippen molar-refractivity contribution in [3.8, 4) is 11.5 Å². The second-order valence-electron chi connectivity index (χ2n) is 10.9. The summed E-state index contributed by atoms with van der Waals surface area (Å²) in [5, 5.41) is 0. The van der Waals surface area contributed by atoms with E-state index in [1.807, 2.05) is 30.0 Å². The van der Waals surface area contributed by atoms with Crippen molar-refractivity contribution in [2.75, 3.05) is 33.0 Å². The van der Waals surface area contributed by atoms with E-state index in [2.05, 4.69) is 36.1 Å². The van der Waals surface area contributed by atoms with E-state index in [4.69, 9.17) is 9.47 Å². The molecule has 36 heavy (non-hydrogen) atoms. The lowest BCUT2D eigenvalue weighted by Gasteiger charge is -2.42. The zero-order chi connectivity index (χ0) is 24.9. The van der Waals surface area contributed by atoms with Gasteiger partial charge in [0.15, 0.2) is 11.5 Å². The van der Waals surface area contributed by atoms with Crippen molar-refractivity contribution in [2.45, 2.75) is 57.5 Å². The third kappa shape index (κ3) is 3.84. The maximum absolute atomic E-state index is 13.9. The summed E-state index contributed by atoms with van der Waals surface area (Å²) in [5.41, 5.74) is 3.09. The number of rotatable bonds is 6. The number of hydrogen-bond acceptors (Lipinski definition) is 5. The third-order valence-corrected chi connectivity index (χ3v) is 8.56. The molecule has 0 saturated carbocycles. The Kier molecular flexibility index (Phi) is 5.91. The first-order valence-electron chi connectivity index (χ1n) is 13.3. The van der Waals surface area contributed by atoms with Crippen LogP contribution in [-0.2, 0) is 24.1 Å².